The molecule has 1 amide bonds. The van der Waals surface area contributed by atoms with Gasteiger partial charge in [-0.2, -0.15) is 13.2 Å². The first-order valence-electron chi connectivity index (χ1n) is 7.01. The number of carbonyl (C=O) groups is 1. The van der Waals surface area contributed by atoms with Crippen molar-refractivity contribution in [3.8, 4) is 17.6 Å². The third-order valence-corrected chi connectivity index (χ3v) is 3.16. The number of carbonyl (C=O) groups excluding carboxylic acids is 1. The summed E-state index contributed by atoms with van der Waals surface area (Å²) < 4.78 is 37.8. The third kappa shape index (κ3) is 4.53. The lowest BCUT2D eigenvalue weighted by molar-refractivity contribution is -0.137. The summed E-state index contributed by atoms with van der Waals surface area (Å²) in [5.74, 6) is 4.49. The fourth-order valence-corrected chi connectivity index (χ4v) is 1.97. The van der Waals surface area contributed by atoms with Crippen LogP contribution in [-0.2, 0) is 6.18 Å². The molecule has 0 bridgehead atoms. The van der Waals surface area contributed by atoms with Crippen LogP contribution in [0.4, 0.5) is 13.2 Å². The van der Waals surface area contributed by atoms with Gasteiger partial charge in [0.15, 0.2) is 0 Å². The van der Waals surface area contributed by atoms with Gasteiger partial charge in [-0.1, -0.05) is 29.5 Å². The van der Waals surface area contributed by atoms with Crippen LogP contribution in [0.5, 0.6) is 5.75 Å². The summed E-state index contributed by atoms with van der Waals surface area (Å²) in [4.78, 5) is 11.9. The number of amides is 1. The molecule has 6 heteroatoms. The maximum atomic E-state index is 12.6. The highest BCUT2D eigenvalue weighted by molar-refractivity contribution is 5.97. The van der Waals surface area contributed by atoms with Crippen LogP contribution in [0.25, 0.3) is 0 Å². The summed E-state index contributed by atoms with van der Waals surface area (Å²) in [6.45, 7) is 1.73. The topological polar surface area (TPSA) is 49.3 Å². The van der Waals surface area contributed by atoms with Gasteiger partial charge in [0.25, 0.3) is 5.91 Å². The van der Waals surface area contributed by atoms with E-state index in [0.717, 1.165) is 17.7 Å². The van der Waals surface area contributed by atoms with Crippen molar-refractivity contribution in [2.24, 2.45) is 0 Å². The van der Waals surface area contributed by atoms with E-state index in [1.807, 2.05) is 0 Å². The Labute approximate surface area is 137 Å². The van der Waals surface area contributed by atoms with Gasteiger partial charge in [-0.25, -0.2) is 0 Å². The first-order chi connectivity index (χ1) is 11.3. The molecule has 2 rings (SSSR count). The van der Waals surface area contributed by atoms with Gasteiger partial charge in [0.1, 0.15) is 5.75 Å². The summed E-state index contributed by atoms with van der Waals surface area (Å²) in [5.41, 5.74) is 0.365. The Morgan fingerprint density at radius 2 is 1.96 bits per heavy atom. The molecule has 0 radical (unpaired) electrons. The summed E-state index contributed by atoms with van der Waals surface area (Å²) >= 11 is 0. The molecule has 2 aromatic rings. The zero-order valence-corrected chi connectivity index (χ0v) is 12.7. The van der Waals surface area contributed by atoms with E-state index in [9.17, 15) is 23.1 Å². The van der Waals surface area contributed by atoms with E-state index < -0.39 is 17.6 Å². The Morgan fingerprint density at radius 3 is 2.67 bits per heavy atom. The molecular formula is C18H14F3NO2. The van der Waals surface area contributed by atoms with Gasteiger partial charge in [-0.3, -0.25) is 4.79 Å². The first-order valence-corrected chi connectivity index (χ1v) is 7.01. The number of phenols is 1. The minimum atomic E-state index is -4.42. The lowest BCUT2D eigenvalue weighted by Crippen LogP contribution is -2.23. The van der Waals surface area contributed by atoms with E-state index in [0.29, 0.717) is 0 Å². The number of halogens is 3. The Bertz CT molecular complexity index is 817. The molecule has 0 fully saturated rings. The highest BCUT2D eigenvalue weighted by atomic mass is 19.4. The highest BCUT2D eigenvalue weighted by Gasteiger charge is 2.30. The van der Waals surface area contributed by atoms with Crippen molar-refractivity contribution in [2.75, 3.05) is 6.54 Å². The monoisotopic (exact) mass is 333 g/mol. The predicted molar refractivity (Wildman–Crippen MR) is 83.5 cm³/mol. The van der Waals surface area contributed by atoms with Gasteiger partial charge in [0.05, 0.1) is 17.7 Å². The van der Waals surface area contributed by atoms with E-state index in [1.165, 1.54) is 24.3 Å². The van der Waals surface area contributed by atoms with Crippen LogP contribution in [0.3, 0.4) is 0 Å². The molecule has 0 aliphatic carbocycles. The van der Waals surface area contributed by atoms with Crippen LogP contribution >= 0.6 is 0 Å². The zero-order valence-electron chi connectivity index (χ0n) is 12.7. The summed E-state index contributed by atoms with van der Waals surface area (Å²) in [6, 6.07) is 9.25. The van der Waals surface area contributed by atoms with Gasteiger partial charge < -0.3 is 10.4 Å². The van der Waals surface area contributed by atoms with E-state index in [4.69, 9.17) is 0 Å². The second-order valence-electron chi connectivity index (χ2n) is 5.08. The van der Waals surface area contributed by atoms with E-state index in [2.05, 4.69) is 17.2 Å². The largest absolute Gasteiger partial charge is 0.507 e. The smallest absolute Gasteiger partial charge is 0.416 e. The number of benzene rings is 2. The summed E-state index contributed by atoms with van der Waals surface area (Å²) in [7, 11) is 0. The van der Waals surface area contributed by atoms with Crippen molar-refractivity contribution in [3.63, 3.8) is 0 Å². The number of phenolic OH excluding ortho intramolecular Hbond substituents is 1. The van der Waals surface area contributed by atoms with Crippen LogP contribution < -0.4 is 5.32 Å². The quantitative estimate of drug-likeness (QED) is 0.827. The van der Waals surface area contributed by atoms with Crippen molar-refractivity contribution in [2.45, 2.75) is 13.1 Å². The Morgan fingerprint density at radius 1 is 1.21 bits per heavy atom. The minimum absolute atomic E-state index is 0.0531. The summed E-state index contributed by atoms with van der Waals surface area (Å²) in [5, 5.41) is 12.1. The molecule has 0 atom stereocenters. The standard InChI is InChI=1S/C18H14F3NO2/c1-12-7-8-16(23)15(10-12)17(24)22-9-3-5-13-4-2-6-14(11-13)18(19,20)21/h2,4,6-8,10-11,23H,9H2,1H3,(H,22,24). The van der Waals surface area contributed by atoms with Gasteiger partial charge in [-0.15, -0.1) is 0 Å². The average Bonchev–Trinajstić information content (AvgIpc) is 2.53. The second kappa shape index (κ2) is 7.09. The molecule has 0 saturated carbocycles. The van der Waals surface area contributed by atoms with Crippen molar-refractivity contribution in [1.29, 1.82) is 0 Å². The van der Waals surface area contributed by atoms with E-state index >= 15 is 0 Å². The predicted octanol–water partition coefficient (Wildman–Crippen LogP) is 3.50. The third-order valence-electron chi connectivity index (χ3n) is 3.16. The molecule has 124 valence electrons. The zero-order chi connectivity index (χ0) is 17.7. The number of nitrogens with one attached hydrogen (secondary N) is 1. The fourth-order valence-electron chi connectivity index (χ4n) is 1.97. The molecule has 0 aromatic heterocycles. The molecule has 3 nitrogen and oxygen atoms in total. The van der Waals surface area contributed by atoms with Crippen LogP contribution in [0.2, 0.25) is 0 Å². The number of hydrogen-bond donors (Lipinski definition) is 2. The maximum Gasteiger partial charge on any atom is 0.416 e. The lowest BCUT2D eigenvalue weighted by Gasteiger charge is -2.06. The maximum absolute atomic E-state index is 12.6. The molecule has 0 saturated heterocycles. The molecule has 2 N–H and O–H groups in total. The highest BCUT2D eigenvalue weighted by Crippen LogP contribution is 2.29. The van der Waals surface area contributed by atoms with Crippen LogP contribution in [0.15, 0.2) is 42.5 Å². The Kier molecular flexibility index (Phi) is 5.14. The minimum Gasteiger partial charge on any atom is -0.507 e. The van der Waals surface area contributed by atoms with Crippen molar-refractivity contribution >= 4 is 5.91 Å². The van der Waals surface area contributed by atoms with Crippen molar-refractivity contribution in [3.05, 3.63) is 64.7 Å². The number of rotatable bonds is 2. The fraction of sp³-hybridized carbons (Fsp3) is 0.167. The number of aryl methyl sites for hydroxylation is 1. The number of hydrogen-bond acceptors (Lipinski definition) is 2. The normalized spacial score (nSPS) is 10.7. The molecule has 0 heterocycles. The van der Waals surface area contributed by atoms with Gasteiger partial charge in [-0.05, 0) is 37.3 Å². The molecule has 0 aliphatic heterocycles. The van der Waals surface area contributed by atoms with Gasteiger partial charge in [0, 0.05) is 5.56 Å². The molecular weight excluding hydrogens is 319 g/mol. The van der Waals surface area contributed by atoms with Crippen LogP contribution in [0.1, 0.15) is 27.0 Å². The molecule has 2 aromatic carbocycles. The lowest BCUT2D eigenvalue weighted by atomic mass is 10.1. The van der Waals surface area contributed by atoms with E-state index in [1.54, 1.807) is 13.0 Å². The Balaban J connectivity index is 2.02. The van der Waals surface area contributed by atoms with E-state index in [-0.39, 0.29) is 23.4 Å². The van der Waals surface area contributed by atoms with Crippen LogP contribution in [0, 0.1) is 18.8 Å². The van der Waals surface area contributed by atoms with Crippen molar-refractivity contribution in [1.82, 2.24) is 5.32 Å². The summed E-state index contributed by atoms with van der Waals surface area (Å²) in [6.07, 6.45) is -4.42. The molecule has 24 heavy (non-hydrogen) atoms. The Hall–Kier alpha value is -2.94. The first kappa shape index (κ1) is 17.4. The number of aromatic hydroxyl groups is 1. The van der Waals surface area contributed by atoms with Crippen molar-refractivity contribution < 1.29 is 23.1 Å². The SMILES string of the molecule is Cc1ccc(O)c(C(=O)NCC#Cc2cccc(C(F)(F)F)c2)c1. The average molecular weight is 333 g/mol. The number of alkyl halides is 3. The second-order valence-corrected chi connectivity index (χ2v) is 5.08. The molecule has 0 spiro atoms. The van der Waals surface area contributed by atoms with Gasteiger partial charge in [0.2, 0.25) is 0 Å². The molecule has 0 aliphatic rings. The van der Waals surface area contributed by atoms with Gasteiger partial charge >= 0.3 is 6.18 Å². The molecule has 0 unspecified atom stereocenters. The van der Waals surface area contributed by atoms with Crippen LogP contribution in [-0.4, -0.2) is 17.6 Å².